The molecule has 0 unspecified atom stereocenters. The number of nitrogens with one attached hydrogen (secondary N) is 2. The van der Waals surface area contributed by atoms with E-state index in [1.54, 1.807) is 18.4 Å². The van der Waals surface area contributed by atoms with Crippen molar-refractivity contribution in [2.75, 3.05) is 38.1 Å². The lowest BCUT2D eigenvalue weighted by atomic mass is 10.2. The lowest BCUT2D eigenvalue weighted by Crippen LogP contribution is -2.42. The quantitative estimate of drug-likeness (QED) is 0.340. The van der Waals surface area contributed by atoms with Crippen LogP contribution in [-0.2, 0) is 6.42 Å². The Morgan fingerprint density at radius 2 is 1.92 bits per heavy atom. The Bertz CT molecular complexity index is 686. The van der Waals surface area contributed by atoms with Gasteiger partial charge < -0.3 is 15.5 Å². The summed E-state index contributed by atoms with van der Waals surface area (Å²) in [6.07, 6.45) is 0.912. The monoisotopic (exact) mass is 487 g/mol. The number of guanidine groups is 1. The Morgan fingerprint density at radius 1 is 1.19 bits per heavy atom. The Hall–Kier alpha value is -1.35. The Kier molecular flexibility index (Phi) is 10.6. The SMILES string of the molecule is CCN(CCNC(=NC)NCCc1csc(C)n1)c1ccccc1C.I. The predicted octanol–water partition coefficient (Wildman–Crippen LogP) is 3.61. The molecular formula is C19H30IN5S. The molecule has 0 aliphatic heterocycles. The van der Waals surface area contributed by atoms with Crippen molar-refractivity contribution >= 4 is 47.0 Å². The fourth-order valence-corrected chi connectivity index (χ4v) is 3.38. The van der Waals surface area contributed by atoms with Crippen LogP contribution in [-0.4, -0.2) is 44.2 Å². The molecule has 0 saturated carbocycles. The van der Waals surface area contributed by atoms with E-state index < -0.39 is 0 Å². The standard InChI is InChI=1S/C19H29N5S.HI/c1-5-24(18-9-7-6-8-15(18)2)13-12-22-19(20-4)21-11-10-17-14-25-16(3)23-17;/h6-9,14H,5,10-13H2,1-4H3,(H2,20,21,22);1H. The molecule has 0 radical (unpaired) electrons. The lowest BCUT2D eigenvalue weighted by Gasteiger charge is -2.25. The average Bonchev–Trinajstić information content (AvgIpc) is 3.03. The fourth-order valence-electron chi connectivity index (χ4n) is 2.73. The minimum atomic E-state index is 0. The van der Waals surface area contributed by atoms with Gasteiger partial charge in [0.25, 0.3) is 0 Å². The maximum Gasteiger partial charge on any atom is 0.191 e. The number of para-hydroxylation sites is 1. The van der Waals surface area contributed by atoms with Crippen LogP contribution in [0, 0.1) is 13.8 Å². The van der Waals surface area contributed by atoms with Gasteiger partial charge in [-0.25, -0.2) is 4.98 Å². The van der Waals surface area contributed by atoms with Gasteiger partial charge >= 0.3 is 0 Å². The number of halogens is 1. The highest BCUT2D eigenvalue weighted by atomic mass is 127. The highest BCUT2D eigenvalue weighted by Gasteiger charge is 2.07. The summed E-state index contributed by atoms with van der Waals surface area (Å²) in [4.78, 5) is 11.2. The van der Waals surface area contributed by atoms with Gasteiger partial charge in [0.05, 0.1) is 10.7 Å². The molecule has 2 N–H and O–H groups in total. The smallest absolute Gasteiger partial charge is 0.191 e. The van der Waals surface area contributed by atoms with Crippen LogP contribution in [0.5, 0.6) is 0 Å². The topological polar surface area (TPSA) is 52.5 Å². The number of nitrogens with zero attached hydrogens (tertiary/aromatic N) is 3. The van der Waals surface area contributed by atoms with E-state index in [-0.39, 0.29) is 24.0 Å². The summed E-state index contributed by atoms with van der Waals surface area (Å²) in [5.74, 6) is 0.841. The third-order valence-electron chi connectivity index (χ3n) is 4.08. The molecule has 1 heterocycles. The average molecular weight is 487 g/mol. The highest BCUT2D eigenvalue weighted by molar-refractivity contribution is 14.0. The molecule has 0 saturated heterocycles. The molecule has 1 aromatic heterocycles. The number of likely N-dealkylation sites (N-methyl/N-ethyl adjacent to an activating group) is 1. The Labute approximate surface area is 178 Å². The molecule has 0 amide bonds. The minimum absolute atomic E-state index is 0. The molecule has 1 aromatic carbocycles. The van der Waals surface area contributed by atoms with Gasteiger partial charge in [-0.1, -0.05) is 18.2 Å². The summed E-state index contributed by atoms with van der Waals surface area (Å²) in [6.45, 7) is 9.99. The van der Waals surface area contributed by atoms with Crippen molar-refractivity contribution in [3.8, 4) is 0 Å². The van der Waals surface area contributed by atoms with E-state index in [0.717, 1.165) is 49.3 Å². The molecule has 144 valence electrons. The van der Waals surface area contributed by atoms with Crippen LogP contribution in [0.2, 0.25) is 0 Å². The van der Waals surface area contributed by atoms with Crippen molar-refractivity contribution < 1.29 is 0 Å². The first-order valence-corrected chi connectivity index (χ1v) is 9.68. The van der Waals surface area contributed by atoms with E-state index in [1.165, 1.54) is 11.3 Å². The number of thiazole rings is 1. The molecule has 0 aliphatic rings. The van der Waals surface area contributed by atoms with E-state index in [9.17, 15) is 0 Å². The third-order valence-corrected chi connectivity index (χ3v) is 4.90. The second-order valence-corrected chi connectivity index (χ2v) is 6.96. The first-order valence-electron chi connectivity index (χ1n) is 8.80. The van der Waals surface area contributed by atoms with Gasteiger partial charge in [0, 0.05) is 50.7 Å². The van der Waals surface area contributed by atoms with E-state index in [0.29, 0.717) is 0 Å². The molecule has 2 rings (SSSR count). The largest absolute Gasteiger partial charge is 0.370 e. The number of aliphatic imine (C=N–C) groups is 1. The minimum Gasteiger partial charge on any atom is -0.370 e. The molecule has 0 fully saturated rings. The van der Waals surface area contributed by atoms with Gasteiger partial charge in [0.15, 0.2) is 5.96 Å². The molecule has 5 nitrogen and oxygen atoms in total. The molecule has 0 spiro atoms. The van der Waals surface area contributed by atoms with E-state index in [1.807, 2.05) is 6.92 Å². The molecule has 2 aromatic rings. The lowest BCUT2D eigenvalue weighted by molar-refractivity contribution is 0.743. The first kappa shape index (κ1) is 22.7. The number of aryl methyl sites for hydroxylation is 2. The molecule has 0 bridgehead atoms. The van der Waals surface area contributed by atoms with Crippen molar-refractivity contribution in [1.82, 2.24) is 15.6 Å². The van der Waals surface area contributed by atoms with Crippen LogP contribution >= 0.6 is 35.3 Å². The van der Waals surface area contributed by atoms with Crippen LogP contribution in [0.1, 0.15) is 23.2 Å². The summed E-state index contributed by atoms with van der Waals surface area (Å²) >= 11 is 1.70. The van der Waals surface area contributed by atoms with Crippen LogP contribution in [0.4, 0.5) is 5.69 Å². The van der Waals surface area contributed by atoms with Crippen LogP contribution < -0.4 is 15.5 Å². The maximum atomic E-state index is 4.48. The van der Waals surface area contributed by atoms with Crippen LogP contribution in [0.3, 0.4) is 0 Å². The first-order chi connectivity index (χ1) is 12.1. The van der Waals surface area contributed by atoms with Gasteiger partial charge in [-0.05, 0) is 32.4 Å². The zero-order valence-electron chi connectivity index (χ0n) is 16.1. The number of benzene rings is 1. The zero-order chi connectivity index (χ0) is 18.1. The molecule has 0 atom stereocenters. The second-order valence-electron chi connectivity index (χ2n) is 5.90. The van der Waals surface area contributed by atoms with E-state index in [4.69, 9.17) is 0 Å². The second kappa shape index (κ2) is 12.1. The fraction of sp³-hybridized carbons (Fsp3) is 0.474. The van der Waals surface area contributed by atoms with Crippen molar-refractivity contribution in [3.05, 3.63) is 45.9 Å². The molecular weight excluding hydrogens is 457 g/mol. The molecule has 26 heavy (non-hydrogen) atoms. The summed E-state index contributed by atoms with van der Waals surface area (Å²) in [7, 11) is 1.81. The number of anilines is 1. The number of hydrogen-bond acceptors (Lipinski definition) is 4. The number of aromatic nitrogens is 1. The van der Waals surface area contributed by atoms with Crippen LogP contribution in [0.15, 0.2) is 34.6 Å². The van der Waals surface area contributed by atoms with Gasteiger partial charge in [-0.2, -0.15) is 0 Å². The van der Waals surface area contributed by atoms with Crippen molar-refractivity contribution in [1.29, 1.82) is 0 Å². The normalized spacial score (nSPS) is 11.0. The van der Waals surface area contributed by atoms with Crippen molar-refractivity contribution in [2.45, 2.75) is 27.2 Å². The van der Waals surface area contributed by atoms with E-state index in [2.05, 4.69) is 69.0 Å². The van der Waals surface area contributed by atoms with Gasteiger partial charge in [0.1, 0.15) is 0 Å². The van der Waals surface area contributed by atoms with Crippen molar-refractivity contribution in [2.24, 2.45) is 4.99 Å². The Morgan fingerprint density at radius 3 is 2.54 bits per heavy atom. The van der Waals surface area contributed by atoms with E-state index >= 15 is 0 Å². The van der Waals surface area contributed by atoms with Crippen molar-refractivity contribution in [3.63, 3.8) is 0 Å². The summed E-state index contributed by atoms with van der Waals surface area (Å²) in [6, 6.07) is 8.52. The number of rotatable bonds is 8. The summed E-state index contributed by atoms with van der Waals surface area (Å²) in [5.41, 5.74) is 3.75. The van der Waals surface area contributed by atoms with Gasteiger partial charge in [-0.3, -0.25) is 4.99 Å². The third kappa shape index (κ3) is 7.11. The summed E-state index contributed by atoms with van der Waals surface area (Å²) in [5, 5.41) is 9.99. The zero-order valence-corrected chi connectivity index (χ0v) is 19.2. The van der Waals surface area contributed by atoms with Crippen LogP contribution in [0.25, 0.3) is 0 Å². The summed E-state index contributed by atoms with van der Waals surface area (Å²) < 4.78 is 0. The van der Waals surface area contributed by atoms with Gasteiger partial charge in [0.2, 0.25) is 0 Å². The van der Waals surface area contributed by atoms with Gasteiger partial charge in [-0.15, -0.1) is 35.3 Å². The maximum absolute atomic E-state index is 4.48. The molecule has 0 aliphatic carbocycles. The predicted molar refractivity (Wildman–Crippen MR) is 124 cm³/mol. The number of hydrogen-bond donors (Lipinski definition) is 2. The highest BCUT2D eigenvalue weighted by Crippen LogP contribution is 2.18. The Balaban J connectivity index is 0.00000338. The molecule has 7 heteroatoms.